The summed E-state index contributed by atoms with van der Waals surface area (Å²) < 4.78 is 5.21. The second-order valence-electron chi connectivity index (χ2n) is 2.56. The number of aromatic nitrogens is 1. The van der Waals surface area contributed by atoms with Crippen LogP contribution in [0.4, 0.5) is 0 Å². The number of H-pyrrole nitrogens is 1. The number of rotatable bonds is 1. The van der Waals surface area contributed by atoms with Crippen LogP contribution in [0, 0.1) is 0 Å². The number of ether oxygens (including phenoxy) is 1. The van der Waals surface area contributed by atoms with E-state index >= 15 is 0 Å². The van der Waals surface area contributed by atoms with E-state index in [9.17, 15) is 0 Å². The Morgan fingerprint density at radius 1 is 1.60 bits per heavy atom. The van der Waals surface area contributed by atoms with Crippen LogP contribution in [0.2, 0.25) is 0 Å². The van der Waals surface area contributed by atoms with E-state index < -0.39 is 0 Å². The summed E-state index contributed by atoms with van der Waals surface area (Å²) in [5.41, 5.74) is 1.28. The van der Waals surface area contributed by atoms with E-state index in [-0.39, 0.29) is 4.32 Å². The van der Waals surface area contributed by atoms with Crippen LogP contribution in [0.5, 0.6) is 0 Å². The van der Waals surface area contributed by atoms with Crippen molar-refractivity contribution in [3.8, 4) is 0 Å². The van der Waals surface area contributed by atoms with Gasteiger partial charge in [0.2, 0.25) is 0 Å². The monoisotopic (exact) mass is 201 g/mol. The van der Waals surface area contributed by atoms with Crippen LogP contribution in [-0.4, -0.2) is 18.2 Å². The second-order valence-corrected chi connectivity index (χ2v) is 4.08. The molecule has 1 N–H and O–H groups in total. The molecule has 0 saturated carbocycles. The van der Waals surface area contributed by atoms with Gasteiger partial charge in [-0.2, -0.15) is 0 Å². The number of hydrogen-bond donors (Lipinski definition) is 1. The van der Waals surface area contributed by atoms with E-state index in [1.807, 2.05) is 12.4 Å². The van der Waals surface area contributed by atoms with Gasteiger partial charge in [0.1, 0.15) is 0 Å². The van der Waals surface area contributed by atoms with Crippen LogP contribution in [0.3, 0.4) is 0 Å². The van der Waals surface area contributed by atoms with Crippen molar-refractivity contribution in [2.45, 2.75) is 4.32 Å². The molecule has 1 saturated heterocycles. The zero-order valence-corrected chi connectivity index (χ0v) is 7.02. The van der Waals surface area contributed by atoms with Crippen molar-refractivity contribution in [3.05, 3.63) is 24.0 Å². The number of hydrogen-bond acceptors (Lipinski definition) is 1. The lowest BCUT2D eigenvalue weighted by molar-refractivity contribution is -0.00692. The molecule has 0 spiro atoms. The quantitative estimate of drug-likeness (QED) is 0.688. The number of halogens is 1. The summed E-state index contributed by atoms with van der Waals surface area (Å²) in [7, 11) is 0. The Morgan fingerprint density at radius 3 is 2.80 bits per heavy atom. The first-order valence-electron chi connectivity index (χ1n) is 3.21. The van der Waals surface area contributed by atoms with Crippen LogP contribution in [0.15, 0.2) is 18.5 Å². The minimum absolute atomic E-state index is 0.104. The molecule has 10 heavy (non-hydrogen) atoms. The third kappa shape index (κ3) is 0.812. The van der Waals surface area contributed by atoms with Crippen LogP contribution in [0.25, 0.3) is 0 Å². The lowest BCUT2D eigenvalue weighted by Crippen LogP contribution is -2.40. The highest BCUT2D eigenvalue weighted by molar-refractivity contribution is 9.09. The molecule has 0 amide bonds. The van der Waals surface area contributed by atoms with E-state index in [2.05, 4.69) is 27.0 Å². The molecule has 2 nitrogen and oxygen atoms in total. The fraction of sp³-hybridized carbons (Fsp3) is 0.429. The largest absolute Gasteiger partial charge is 0.378 e. The Bertz CT molecular complexity index is 216. The zero-order chi connectivity index (χ0) is 7.03. The fourth-order valence-corrected chi connectivity index (χ4v) is 1.62. The van der Waals surface area contributed by atoms with E-state index in [0.717, 1.165) is 13.2 Å². The highest BCUT2D eigenvalue weighted by atomic mass is 79.9. The van der Waals surface area contributed by atoms with Gasteiger partial charge >= 0.3 is 0 Å². The van der Waals surface area contributed by atoms with Gasteiger partial charge in [0.25, 0.3) is 0 Å². The predicted molar refractivity (Wildman–Crippen MR) is 42.2 cm³/mol. The van der Waals surface area contributed by atoms with Crippen molar-refractivity contribution >= 4 is 15.9 Å². The van der Waals surface area contributed by atoms with E-state index in [1.54, 1.807) is 0 Å². The summed E-state index contributed by atoms with van der Waals surface area (Å²) in [4.78, 5) is 3.02. The van der Waals surface area contributed by atoms with Gasteiger partial charge in [-0.15, -0.1) is 0 Å². The Labute approximate surface area is 67.7 Å². The van der Waals surface area contributed by atoms with Crippen molar-refractivity contribution in [2.75, 3.05) is 13.2 Å². The Morgan fingerprint density at radius 2 is 2.40 bits per heavy atom. The van der Waals surface area contributed by atoms with Gasteiger partial charge in [-0.3, -0.25) is 0 Å². The molecule has 1 fully saturated rings. The Balaban J connectivity index is 2.27. The van der Waals surface area contributed by atoms with Gasteiger partial charge in [0.15, 0.2) is 0 Å². The van der Waals surface area contributed by atoms with Crippen LogP contribution < -0.4 is 0 Å². The van der Waals surface area contributed by atoms with Crippen molar-refractivity contribution in [1.82, 2.24) is 4.98 Å². The summed E-state index contributed by atoms with van der Waals surface area (Å²) in [5.74, 6) is 0. The van der Waals surface area contributed by atoms with Crippen LogP contribution >= 0.6 is 15.9 Å². The second kappa shape index (κ2) is 2.10. The zero-order valence-electron chi connectivity index (χ0n) is 5.43. The van der Waals surface area contributed by atoms with Crippen LogP contribution in [0.1, 0.15) is 5.56 Å². The number of nitrogens with one attached hydrogen (secondary N) is 1. The van der Waals surface area contributed by atoms with Gasteiger partial charge in [0, 0.05) is 12.4 Å². The highest BCUT2D eigenvalue weighted by Crippen LogP contribution is 2.37. The van der Waals surface area contributed by atoms with Crippen molar-refractivity contribution < 1.29 is 4.74 Å². The summed E-state index contributed by atoms with van der Waals surface area (Å²) in [5, 5.41) is 0. The molecule has 0 bridgehead atoms. The maximum absolute atomic E-state index is 5.10. The lowest BCUT2D eigenvalue weighted by atomic mass is 10.0. The average molecular weight is 202 g/mol. The highest BCUT2D eigenvalue weighted by Gasteiger charge is 2.37. The summed E-state index contributed by atoms with van der Waals surface area (Å²) in [6.45, 7) is 1.57. The third-order valence-corrected chi connectivity index (χ3v) is 2.69. The third-order valence-electron chi connectivity index (χ3n) is 1.78. The molecule has 0 unspecified atom stereocenters. The standard InChI is InChI=1S/C7H8BrNO/c8-7(4-10-5-7)6-1-2-9-3-6/h1-3,9H,4-5H2. The molecule has 1 aromatic heterocycles. The number of aromatic amines is 1. The molecule has 54 valence electrons. The molecule has 1 aromatic rings. The van der Waals surface area contributed by atoms with Gasteiger partial charge in [-0.05, 0) is 11.6 Å². The molecular weight excluding hydrogens is 194 g/mol. The molecule has 0 aliphatic carbocycles. The average Bonchev–Trinajstić information content (AvgIpc) is 2.33. The normalized spacial score (nSPS) is 22.1. The molecule has 1 aliphatic heterocycles. The first kappa shape index (κ1) is 6.43. The fourth-order valence-electron chi connectivity index (χ4n) is 1.05. The SMILES string of the molecule is BrC1(c2cc[nH]c2)COC1. The summed E-state index contributed by atoms with van der Waals surface area (Å²) in [6, 6.07) is 2.07. The van der Waals surface area contributed by atoms with Crippen molar-refractivity contribution in [1.29, 1.82) is 0 Å². The minimum Gasteiger partial charge on any atom is -0.378 e. The molecule has 2 heterocycles. The molecule has 3 heteroatoms. The van der Waals surface area contributed by atoms with Gasteiger partial charge in [0.05, 0.1) is 17.5 Å². The lowest BCUT2D eigenvalue weighted by Gasteiger charge is -2.35. The number of alkyl halides is 1. The Hall–Kier alpha value is -0.280. The van der Waals surface area contributed by atoms with E-state index in [1.165, 1.54) is 5.56 Å². The molecular formula is C7H8BrNO. The van der Waals surface area contributed by atoms with Gasteiger partial charge < -0.3 is 9.72 Å². The predicted octanol–water partition coefficient (Wildman–Crippen LogP) is 1.64. The molecule has 0 aromatic carbocycles. The first-order chi connectivity index (χ1) is 4.81. The maximum Gasteiger partial charge on any atom is 0.0985 e. The van der Waals surface area contributed by atoms with Crippen molar-refractivity contribution in [3.63, 3.8) is 0 Å². The topological polar surface area (TPSA) is 25.0 Å². The van der Waals surface area contributed by atoms with Crippen LogP contribution in [-0.2, 0) is 9.06 Å². The molecule has 2 rings (SSSR count). The smallest absolute Gasteiger partial charge is 0.0985 e. The van der Waals surface area contributed by atoms with E-state index in [0.29, 0.717) is 0 Å². The summed E-state index contributed by atoms with van der Waals surface area (Å²) >= 11 is 3.61. The maximum atomic E-state index is 5.10. The molecule has 0 radical (unpaired) electrons. The van der Waals surface area contributed by atoms with Gasteiger partial charge in [-0.25, -0.2) is 0 Å². The molecule has 1 aliphatic rings. The van der Waals surface area contributed by atoms with E-state index in [4.69, 9.17) is 4.74 Å². The van der Waals surface area contributed by atoms with Crippen molar-refractivity contribution in [2.24, 2.45) is 0 Å². The van der Waals surface area contributed by atoms with Gasteiger partial charge in [-0.1, -0.05) is 15.9 Å². The Kier molecular flexibility index (Phi) is 1.35. The summed E-state index contributed by atoms with van der Waals surface area (Å²) in [6.07, 6.45) is 3.92. The molecule has 0 atom stereocenters. The minimum atomic E-state index is 0.104. The first-order valence-corrected chi connectivity index (χ1v) is 4.00.